The topological polar surface area (TPSA) is 75.2 Å². The SMILES string of the molecule is CCOC(=O)CCCCCCNC(=NC)NCC(c1cccs1)N1CCOCC1.I. The maximum Gasteiger partial charge on any atom is 0.305 e. The van der Waals surface area contributed by atoms with E-state index in [0.717, 1.165) is 71.0 Å². The Hall–Kier alpha value is -0.910. The van der Waals surface area contributed by atoms with Gasteiger partial charge in [-0.25, -0.2) is 0 Å². The highest BCUT2D eigenvalue weighted by atomic mass is 127. The average Bonchev–Trinajstić information content (AvgIpc) is 3.27. The van der Waals surface area contributed by atoms with Crippen LogP contribution < -0.4 is 10.6 Å². The number of hydrogen-bond donors (Lipinski definition) is 2. The summed E-state index contributed by atoms with van der Waals surface area (Å²) < 4.78 is 10.5. The van der Waals surface area contributed by atoms with Crippen LogP contribution in [0.5, 0.6) is 0 Å². The summed E-state index contributed by atoms with van der Waals surface area (Å²) in [4.78, 5) is 19.5. The third-order valence-electron chi connectivity index (χ3n) is 4.95. The van der Waals surface area contributed by atoms with Crippen LogP contribution in [0, 0.1) is 0 Å². The summed E-state index contributed by atoms with van der Waals surface area (Å²) in [6, 6.07) is 4.65. The molecule has 0 bridgehead atoms. The van der Waals surface area contributed by atoms with E-state index in [1.165, 1.54) is 4.88 Å². The van der Waals surface area contributed by atoms with Gasteiger partial charge in [-0.3, -0.25) is 14.7 Å². The van der Waals surface area contributed by atoms with E-state index in [9.17, 15) is 4.79 Å². The Morgan fingerprint density at radius 3 is 2.70 bits per heavy atom. The highest BCUT2D eigenvalue weighted by Gasteiger charge is 2.23. The molecular formula is C21H37IN4O3S. The summed E-state index contributed by atoms with van der Waals surface area (Å²) in [5.41, 5.74) is 0. The second kappa shape index (κ2) is 16.7. The molecule has 2 heterocycles. The first kappa shape index (κ1) is 27.1. The number of nitrogens with zero attached hydrogens (tertiary/aromatic N) is 2. The minimum absolute atomic E-state index is 0. The van der Waals surface area contributed by atoms with Crippen LogP contribution in [-0.2, 0) is 14.3 Å². The van der Waals surface area contributed by atoms with E-state index in [-0.39, 0.29) is 29.9 Å². The van der Waals surface area contributed by atoms with E-state index in [1.54, 1.807) is 11.3 Å². The van der Waals surface area contributed by atoms with E-state index in [2.05, 4.69) is 38.0 Å². The van der Waals surface area contributed by atoms with Gasteiger partial charge in [0.1, 0.15) is 0 Å². The Kier molecular flexibility index (Phi) is 15.1. The monoisotopic (exact) mass is 552 g/mol. The zero-order valence-corrected chi connectivity index (χ0v) is 21.4. The van der Waals surface area contributed by atoms with Crippen molar-refractivity contribution in [3.63, 3.8) is 0 Å². The molecule has 30 heavy (non-hydrogen) atoms. The Labute approximate surface area is 202 Å². The van der Waals surface area contributed by atoms with Crippen molar-refractivity contribution >= 4 is 47.2 Å². The molecule has 1 aromatic heterocycles. The Balaban J connectivity index is 0.00000450. The van der Waals surface area contributed by atoms with Crippen molar-refractivity contribution in [3.8, 4) is 0 Å². The predicted molar refractivity (Wildman–Crippen MR) is 134 cm³/mol. The standard InChI is InChI=1S/C21H36N4O3S.HI/c1-3-28-20(26)10-6-4-5-7-11-23-21(22-2)24-17-18(19-9-8-16-29-19)25-12-14-27-15-13-25;/h8-9,16,18H,3-7,10-15,17H2,1-2H3,(H2,22,23,24);1H. The first-order valence-electron chi connectivity index (χ1n) is 10.7. The van der Waals surface area contributed by atoms with Gasteiger partial charge in [0.05, 0.1) is 25.9 Å². The molecule has 1 saturated heterocycles. The number of nitrogens with one attached hydrogen (secondary N) is 2. The van der Waals surface area contributed by atoms with Gasteiger partial charge < -0.3 is 20.1 Å². The Morgan fingerprint density at radius 1 is 1.27 bits per heavy atom. The molecular weight excluding hydrogens is 515 g/mol. The number of carbonyl (C=O) groups excluding carboxylic acids is 1. The van der Waals surface area contributed by atoms with Crippen LogP contribution in [0.15, 0.2) is 22.5 Å². The number of aliphatic imine (C=N–C) groups is 1. The molecule has 1 aromatic rings. The molecule has 1 fully saturated rings. The lowest BCUT2D eigenvalue weighted by molar-refractivity contribution is -0.143. The maximum absolute atomic E-state index is 11.3. The third kappa shape index (κ3) is 10.4. The highest BCUT2D eigenvalue weighted by Crippen LogP contribution is 2.25. The fourth-order valence-corrected chi connectivity index (χ4v) is 4.24. The number of ether oxygens (including phenoxy) is 2. The molecule has 0 aliphatic carbocycles. The molecule has 1 unspecified atom stereocenters. The Morgan fingerprint density at radius 2 is 2.03 bits per heavy atom. The lowest BCUT2D eigenvalue weighted by Crippen LogP contribution is -2.46. The molecule has 0 radical (unpaired) electrons. The minimum Gasteiger partial charge on any atom is -0.466 e. The zero-order valence-electron chi connectivity index (χ0n) is 18.2. The van der Waals surface area contributed by atoms with Crippen LogP contribution in [0.3, 0.4) is 0 Å². The number of esters is 1. The van der Waals surface area contributed by atoms with Gasteiger partial charge in [-0.15, -0.1) is 35.3 Å². The molecule has 0 spiro atoms. The molecule has 9 heteroatoms. The summed E-state index contributed by atoms with van der Waals surface area (Å²) >= 11 is 1.80. The van der Waals surface area contributed by atoms with E-state index in [0.29, 0.717) is 19.1 Å². The van der Waals surface area contributed by atoms with Crippen molar-refractivity contribution < 1.29 is 14.3 Å². The molecule has 7 nitrogen and oxygen atoms in total. The number of unbranched alkanes of at least 4 members (excludes halogenated alkanes) is 3. The second-order valence-corrected chi connectivity index (χ2v) is 8.01. The van der Waals surface area contributed by atoms with Crippen molar-refractivity contribution in [1.82, 2.24) is 15.5 Å². The molecule has 2 N–H and O–H groups in total. The van der Waals surface area contributed by atoms with Crippen LogP contribution >= 0.6 is 35.3 Å². The van der Waals surface area contributed by atoms with Gasteiger partial charge in [-0.1, -0.05) is 18.9 Å². The van der Waals surface area contributed by atoms with Crippen LogP contribution in [0.1, 0.15) is 49.9 Å². The third-order valence-corrected chi connectivity index (χ3v) is 5.92. The first-order valence-corrected chi connectivity index (χ1v) is 11.6. The molecule has 0 aromatic carbocycles. The minimum atomic E-state index is -0.0872. The van der Waals surface area contributed by atoms with Crippen molar-refractivity contribution in [2.24, 2.45) is 4.99 Å². The van der Waals surface area contributed by atoms with Crippen molar-refractivity contribution in [3.05, 3.63) is 22.4 Å². The van der Waals surface area contributed by atoms with Crippen LogP contribution in [-0.4, -0.2) is 69.9 Å². The fraction of sp³-hybridized carbons (Fsp3) is 0.714. The van der Waals surface area contributed by atoms with Crippen molar-refractivity contribution in [2.75, 3.05) is 53.0 Å². The van der Waals surface area contributed by atoms with E-state index >= 15 is 0 Å². The van der Waals surface area contributed by atoms with Gasteiger partial charge in [0.25, 0.3) is 0 Å². The lowest BCUT2D eigenvalue weighted by atomic mass is 10.1. The number of thiophene rings is 1. The van der Waals surface area contributed by atoms with Gasteiger partial charge in [0.2, 0.25) is 0 Å². The summed E-state index contributed by atoms with van der Waals surface area (Å²) in [6.45, 7) is 7.52. The number of hydrogen-bond acceptors (Lipinski definition) is 6. The number of halogens is 1. The predicted octanol–water partition coefficient (Wildman–Crippen LogP) is 3.42. The number of carbonyl (C=O) groups is 1. The van der Waals surface area contributed by atoms with E-state index in [1.807, 2.05) is 14.0 Å². The molecule has 172 valence electrons. The lowest BCUT2D eigenvalue weighted by Gasteiger charge is -2.34. The normalized spacial score (nSPS) is 15.9. The molecule has 1 aliphatic heterocycles. The number of guanidine groups is 1. The summed E-state index contributed by atoms with van der Waals surface area (Å²) in [5, 5.41) is 9.03. The zero-order chi connectivity index (χ0) is 20.7. The number of rotatable bonds is 12. The van der Waals surface area contributed by atoms with Gasteiger partial charge >= 0.3 is 5.97 Å². The smallest absolute Gasteiger partial charge is 0.305 e. The fourth-order valence-electron chi connectivity index (χ4n) is 3.38. The largest absolute Gasteiger partial charge is 0.466 e. The molecule has 0 amide bonds. The average molecular weight is 553 g/mol. The molecule has 2 rings (SSSR count). The van der Waals surface area contributed by atoms with Crippen LogP contribution in [0.4, 0.5) is 0 Å². The Bertz CT molecular complexity index is 595. The highest BCUT2D eigenvalue weighted by molar-refractivity contribution is 14.0. The van der Waals surface area contributed by atoms with Gasteiger partial charge in [-0.05, 0) is 31.2 Å². The quantitative estimate of drug-likeness (QED) is 0.136. The molecule has 1 aliphatic rings. The molecule has 0 saturated carbocycles. The van der Waals surface area contributed by atoms with Crippen LogP contribution in [0.2, 0.25) is 0 Å². The number of morpholine rings is 1. The van der Waals surface area contributed by atoms with Gasteiger partial charge in [-0.2, -0.15) is 0 Å². The van der Waals surface area contributed by atoms with Crippen molar-refractivity contribution in [1.29, 1.82) is 0 Å². The second-order valence-electron chi connectivity index (χ2n) is 7.03. The molecule has 1 atom stereocenters. The van der Waals surface area contributed by atoms with Gasteiger partial charge in [0.15, 0.2) is 5.96 Å². The van der Waals surface area contributed by atoms with E-state index < -0.39 is 0 Å². The van der Waals surface area contributed by atoms with E-state index in [4.69, 9.17) is 9.47 Å². The first-order chi connectivity index (χ1) is 14.2. The van der Waals surface area contributed by atoms with Crippen LogP contribution in [0.25, 0.3) is 0 Å². The summed E-state index contributed by atoms with van der Waals surface area (Å²) in [6.07, 6.45) is 4.62. The maximum atomic E-state index is 11.3. The summed E-state index contributed by atoms with van der Waals surface area (Å²) in [5.74, 6) is 0.752. The van der Waals surface area contributed by atoms with Crippen molar-refractivity contribution in [2.45, 2.75) is 45.1 Å². The summed E-state index contributed by atoms with van der Waals surface area (Å²) in [7, 11) is 1.81. The van der Waals surface area contributed by atoms with Gasteiger partial charge in [0, 0.05) is 44.5 Å².